The van der Waals surface area contributed by atoms with Crippen molar-refractivity contribution in [2.24, 2.45) is 5.92 Å². The lowest BCUT2D eigenvalue weighted by Crippen LogP contribution is -2.27. The average Bonchev–Trinajstić information content (AvgIpc) is 3.43. The van der Waals surface area contributed by atoms with Gasteiger partial charge < -0.3 is 10.1 Å². The van der Waals surface area contributed by atoms with E-state index in [-0.39, 0.29) is 11.8 Å². The van der Waals surface area contributed by atoms with Crippen molar-refractivity contribution in [2.45, 2.75) is 44.9 Å². The van der Waals surface area contributed by atoms with Crippen LogP contribution in [0.25, 0.3) is 10.8 Å². The van der Waals surface area contributed by atoms with E-state index in [2.05, 4.69) is 29.6 Å². The number of aryl methyl sites for hydroxylation is 1. The number of rotatable bonds is 5. The van der Waals surface area contributed by atoms with Gasteiger partial charge in [0.05, 0.1) is 0 Å². The van der Waals surface area contributed by atoms with Gasteiger partial charge in [-0.25, -0.2) is 0 Å². The number of amides is 1. The third-order valence-corrected chi connectivity index (χ3v) is 5.40. The molecule has 2 aromatic carbocycles. The second-order valence-corrected chi connectivity index (χ2v) is 7.75. The molecule has 4 heteroatoms. The van der Waals surface area contributed by atoms with Gasteiger partial charge in [0.15, 0.2) is 5.05 Å². The van der Waals surface area contributed by atoms with Crippen LogP contribution in [0.5, 0.6) is 5.75 Å². The van der Waals surface area contributed by atoms with Crippen LogP contribution in [0.1, 0.15) is 49.7 Å². The van der Waals surface area contributed by atoms with Gasteiger partial charge in [0.25, 0.3) is 0 Å². The van der Waals surface area contributed by atoms with Gasteiger partial charge in [0.1, 0.15) is 5.75 Å². The van der Waals surface area contributed by atoms with Crippen LogP contribution in [0.2, 0.25) is 0 Å². The second-order valence-electron chi connectivity index (χ2n) is 7.17. The van der Waals surface area contributed by atoms with Crippen molar-refractivity contribution in [1.82, 2.24) is 5.32 Å². The monoisotopic (exact) mass is 353 g/mol. The highest BCUT2D eigenvalue weighted by molar-refractivity contribution is 7.80. The molecule has 25 heavy (non-hydrogen) atoms. The molecular weight excluding hydrogens is 330 g/mol. The lowest BCUT2D eigenvalue weighted by Gasteiger charge is -2.27. The standard InChI is InChI=1S/C21H23NO2S/c1-13(25)24-19-10-8-15-3-2-4-17-14(7-9-18(19)20(15)17)11-12-22-21(23)16-5-6-16/h2-4,8,10,14,16H,5-7,9,11-12H2,1H3,(H,22,23). The summed E-state index contributed by atoms with van der Waals surface area (Å²) in [5.41, 5.74) is 2.66. The van der Waals surface area contributed by atoms with Crippen molar-refractivity contribution in [2.75, 3.05) is 6.54 Å². The number of nitrogens with one attached hydrogen (secondary N) is 1. The van der Waals surface area contributed by atoms with Crippen LogP contribution in [0, 0.1) is 5.92 Å². The van der Waals surface area contributed by atoms with Crippen molar-refractivity contribution in [1.29, 1.82) is 0 Å². The van der Waals surface area contributed by atoms with Crippen LogP contribution in [0.3, 0.4) is 0 Å². The molecule has 0 bridgehead atoms. The van der Waals surface area contributed by atoms with E-state index < -0.39 is 0 Å². The van der Waals surface area contributed by atoms with Crippen LogP contribution < -0.4 is 10.1 Å². The SMILES string of the molecule is CC(=S)Oc1ccc2cccc3c2c1CCC3CCNC(=O)C1CC1. The summed E-state index contributed by atoms with van der Waals surface area (Å²) in [6.45, 7) is 2.58. The Morgan fingerprint density at radius 2 is 2.08 bits per heavy atom. The van der Waals surface area contributed by atoms with Crippen molar-refractivity contribution in [3.05, 3.63) is 41.5 Å². The third kappa shape index (κ3) is 3.40. The summed E-state index contributed by atoms with van der Waals surface area (Å²) in [5.74, 6) is 1.90. The maximum Gasteiger partial charge on any atom is 0.223 e. The molecule has 2 aliphatic rings. The quantitative estimate of drug-likeness (QED) is 0.804. The highest BCUT2D eigenvalue weighted by Crippen LogP contribution is 2.42. The Morgan fingerprint density at radius 3 is 2.84 bits per heavy atom. The van der Waals surface area contributed by atoms with E-state index in [0.29, 0.717) is 11.0 Å². The van der Waals surface area contributed by atoms with E-state index in [1.807, 2.05) is 13.0 Å². The van der Waals surface area contributed by atoms with E-state index in [0.717, 1.165) is 44.4 Å². The molecule has 0 saturated heterocycles. The zero-order valence-electron chi connectivity index (χ0n) is 14.5. The first kappa shape index (κ1) is 16.5. The first-order valence-electron chi connectivity index (χ1n) is 9.14. The van der Waals surface area contributed by atoms with Crippen LogP contribution in [0.4, 0.5) is 0 Å². The summed E-state index contributed by atoms with van der Waals surface area (Å²) < 4.78 is 5.79. The Balaban J connectivity index is 1.58. The minimum absolute atomic E-state index is 0.238. The van der Waals surface area contributed by atoms with Gasteiger partial charge >= 0.3 is 0 Å². The summed E-state index contributed by atoms with van der Waals surface area (Å²) in [6, 6.07) is 10.7. The molecule has 0 spiro atoms. The molecule has 2 aliphatic carbocycles. The molecule has 1 amide bonds. The van der Waals surface area contributed by atoms with Crippen LogP contribution >= 0.6 is 12.2 Å². The van der Waals surface area contributed by atoms with Crippen LogP contribution in [0.15, 0.2) is 30.3 Å². The number of benzene rings is 2. The van der Waals surface area contributed by atoms with E-state index in [1.54, 1.807) is 0 Å². The second kappa shape index (κ2) is 6.75. The minimum Gasteiger partial charge on any atom is -0.450 e. The molecule has 4 rings (SSSR count). The van der Waals surface area contributed by atoms with Gasteiger partial charge in [-0.3, -0.25) is 4.79 Å². The molecule has 0 aliphatic heterocycles. The van der Waals surface area contributed by atoms with E-state index in [9.17, 15) is 4.79 Å². The third-order valence-electron chi connectivity index (χ3n) is 5.32. The lowest BCUT2D eigenvalue weighted by atomic mass is 9.79. The zero-order chi connectivity index (χ0) is 17.4. The van der Waals surface area contributed by atoms with E-state index in [1.165, 1.54) is 21.9 Å². The van der Waals surface area contributed by atoms with E-state index >= 15 is 0 Å². The fraction of sp³-hybridized carbons (Fsp3) is 0.429. The zero-order valence-corrected chi connectivity index (χ0v) is 15.3. The number of hydrogen-bond donors (Lipinski definition) is 1. The van der Waals surface area contributed by atoms with Crippen molar-refractivity contribution < 1.29 is 9.53 Å². The lowest BCUT2D eigenvalue weighted by molar-refractivity contribution is -0.122. The first-order valence-corrected chi connectivity index (χ1v) is 9.55. The topological polar surface area (TPSA) is 38.3 Å². The van der Waals surface area contributed by atoms with Gasteiger partial charge in [-0.2, -0.15) is 0 Å². The fourth-order valence-electron chi connectivity index (χ4n) is 3.94. The summed E-state index contributed by atoms with van der Waals surface area (Å²) in [7, 11) is 0. The van der Waals surface area contributed by atoms with E-state index in [4.69, 9.17) is 17.0 Å². The summed E-state index contributed by atoms with van der Waals surface area (Å²) in [6.07, 6.45) is 5.19. The molecule has 1 fully saturated rings. The van der Waals surface area contributed by atoms with Gasteiger partial charge in [-0.05, 0) is 72.6 Å². The summed E-state index contributed by atoms with van der Waals surface area (Å²) in [5, 5.41) is 6.24. The Kier molecular flexibility index (Phi) is 4.46. The molecule has 130 valence electrons. The molecule has 1 unspecified atom stereocenters. The van der Waals surface area contributed by atoms with Crippen molar-refractivity contribution in [3.8, 4) is 5.75 Å². The molecule has 0 aromatic heterocycles. The molecule has 2 aromatic rings. The molecule has 3 nitrogen and oxygen atoms in total. The van der Waals surface area contributed by atoms with Gasteiger partial charge in [0.2, 0.25) is 5.91 Å². The predicted octanol–water partition coefficient (Wildman–Crippen LogP) is 4.51. The number of hydrogen-bond acceptors (Lipinski definition) is 3. The Bertz CT molecular complexity index is 841. The number of carbonyl (C=O) groups excluding carboxylic acids is 1. The molecule has 1 atom stereocenters. The molecule has 1 saturated carbocycles. The number of carbonyl (C=O) groups is 1. The Hall–Kier alpha value is -1.94. The normalized spacial score (nSPS) is 18.8. The Morgan fingerprint density at radius 1 is 1.24 bits per heavy atom. The van der Waals surface area contributed by atoms with Crippen molar-refractivity contribution in [3.63, 3.8) is 0 Å². The van der Waals surface area contributed by atoms with Crippen LogP contribution in [-0.4, -0.2) is 17.5 Å². The average molecular weight is 353 g/mol. The largest absolute Gasteiger partial charge is 0.450 e. The molecular formula is C21H23NO2S. The predicted molar refractivity (Wildman–Crippen MR) is 104 cm³/mol. The summed E-state index contributed by atoms with van der Waals surface area (Å²) in [4.78, 5) is 11.8. The maximum absolute atomic E-state index is 11.8. The van der Waals surface area contributed by atoms with Gasteiger partial charge in [-0.1, -0.05) is 24.3 Å². The first-order chi connectivity index (χ1) is 12.1. The van der Waals surface area contributed by atoms with Gasteiger partial charge in [0, 0.05) is 24.9 Å². The number of ether oxygens (including phenoxy) is 1. The molecule has 1 N–H and O–H groups in total. The number of thiocarbonyl (C=S) groups is 1. The van der Waals surface area contributed by atoms with Gasteiger partial charge in [-0.15, -0.1) is 0 Å². The van der Waals surface area contributed by atoms with Crippen LogP contribution in [-0.2, 0) is 11.2 Å². The smallest absolute Gasteiger partial charge is 0.223 e. The molecule has 0 radical (unpaired) electrons. The van der Waals surface area contributed by atoms with Crippen molar-refractivity contribution >= 4 is 33.9 Å². The fourth-order valence-corrected chi connectivity index (χ4v) is 4.03. The highest BCUT2D eigenvalue weighted by atomic mass is 32.1. The highest BCUT2D eigenvalue weighted by Gasteiger charge is 2.29. The minimum atomic E-state index is 0.238. The summed E-state index contributed by atoms with van der Waals surface area (Å²) >= 11 is 5.13. The maximum atomic E-state index is 11.8. The molecule has 0 heterocycles. The Labute approximate surface area is 153 Å².